The molecule has 1 aromatic heterocycles. The van der Waals surface area contributed by atoms with E-state index in [1.165, 1.54) is 6.20 Å². The summed E-state index contributed by atoms with van der Waals surface area (Å²) in [6.07, 6.45) is -1.30. The van der Waals surface area contributed by atoms with Gasteiger partial charge in [0.05, 0.1) is 12.5 Å². The molecule has 0 fully saturated rings. The molecule has 0 saturated carbocycles. The number of rotatable bonds is 2. The van der Waals surface area contributed by atoms with Gasteiger partial charge in [0.2, 0.25) is 0 Å². The second-order valence-corrected chi connectivity index (χ2v) is 3.57. The first-order valence-electron chi connectivity index (χ1n) is 3.87. The van der Waals surface area contributed by atoms with Crippen LogP contribution >= 0.6 is 15.9 Å². The van der Waals surface area contributed by atoms with Gasteiger partial charge in [-0.2, -0.15) is 5.26 Å². The summed E-state index contributed by atoms with van der Waals surface area (Å²) in [6.45, 7) is 1.62. The van der Waals surface area contributed by atoms with Crippen molar-refractivity contribution in [1.29, 1.82) is 5.26 Å². The summed E-state index contributed by atoms with van der Waals surface area (Å²) >= 11 is 3.00. The van der Waals surface area contributed by atoms with E-state index in [9.17, 15) is 8.78 Å². The van der Waals surface area contributed by atoms with Crippen LogP contribution in [0.15, 0.2) is 10.7 Å². The van der Waals surface area contributed by atoms with E-state index in [1.807, 2.05) is 6.07 Å². The van der Waals surface area contributed by atoms with Crippen LogP contribution in [0.5, 0.6) is 0 Å². The standard InChI is InChI=1S/C9H7BrF2N2/c1-5-6(2-3-13)8(9(11)12)7(10)4-14-5/h4,9H,2H2,1H3. The van der Waals surface area contributed by atoms with Crippen molar-refractivity contribution in [2.45, 2.75) is 19.8 Å². The van der Waals surface area contributed by atoms with E-state index in [-0.39, 0.29) is 16.5 Å². The zero-order valence-electron chi connectivity index (χ0n) is 7.39. The molecule has 1 rings (SSSR count). The molecule has 0 amide bonds. The van der Waals surface area contributed by atoms with Crippen LogP contribution in [0.2, 0.25) is 0 Å². The SMILES string of the molecule is Cc1ncc(Br)c(C(F)F)c1CC#N. The molecule has 0 unspecified atom stereocenters. The highest BCUT2D eigenvalue weighted by molar-refractivity contribution is 9.10. The number of pyridine rings is 1. The third kappa shape index (κ3) is 2.07. The molecule has 0 aliphatic heterocycles. The molecule has 1 aromatic rings. The zero-order valence-corrected chi connectivity index (χ0v) is 8.98. The molecule has 0 N–H and O–H groups in total. The lowest BCUT2D eigenvalue weighted by Gasteiger charge is -2.10. The Balaban J connectivity index is 3.35. The van der Waals surface area contributed by atoms with Crippen molar-refractivity contribution in [3.8, 4) is 6.07 Å². The Labute approximate surface area is 88.7 Å². The van der Waals surface area contributed by atoms with E-state index < -0.39 is 6.43 Å². The van der Waals surface area contributed by atoms with Gasteiger partial charge < -0.3 is 0 Å². The van der Waals surface area contributed by atoms with E-state index >= 15 is 0 Å². The van der Waals surface area contributed by atoms with Gasteiger partial charge in [0.25, 0.3) is 6.43 Å². The number of halogens is 3. The number of aryl methyl sites for hydroxylation is 1. The minimum absolute atomic E-state index is 0.0437. The Hall–Kier alpha value is -1.02. The van der Waals surface area contributed by atoms with Crippen molar-refractivity contribution in [3.63, 3.8) is 0 Å². The lowest BCUT2D eigenvalue weighted by Crippen LogP contribution is -2.01. The van der Waals surface area contributed by atoms with E-state index in [2.05, 4.69) is 20.9 Å². The molecule has 5 heteroatoms. The van der Waals surface area contributed by atoms with Crippen molar-refractivity contribution in [2.75, 3.05) is 0 Å². The van der Waals surface area contributed by atoms with Crippen molar-refractivity contribution >= 4 is 15.9 Å². The Morgan fingerprint density at radius 2 is 2.29 bits per heavy atom. The molecule has 0 aromatic carbocycles. The van der Waals surface area contributed by atoms with Crippen LogP contribution in [-0.2, 0) is 6.42 Å². The highest BCUT2D eigenvalue weighted by atomic mass is 79.9. The maximum atomic E-state index is 12.6. The van der Waals surface area contributed by atoms with Gasteiger partial charge in [-0.1, -0.05) is 0 Å². The smallest absolute Gasteiger partial charge is 0.260 e. The molecule has 0 aliphatic carbocycles. The second-order valence-electron chi connectivity index (χ2n) is 2.72. The van der Waals surface area contributed by atoms with Crippen molar-refractivity contribution in [3.05, 3.63) is 27.5 Å². The van der Waals surface area contributed by atoms with Gasteiger partial charge in [-0.25, -0.2) is 8.78 Å². The molecule has 1 heterocycles. The third-order valence-corrected chi connectivity index (χ3v) is 2.50. The minimum atomic E-state index is -2.59. The first-order valence-corrected chi connectivity index (χ1v) is 4.66. The fourth-order valence-corrected chi connectivity index (χ4v) is 1.69. The van der Waals surface area contributed by atoms with Gasteiger partial charge in [-0.15, -0.1) is 0 Å². The van der Waals surface area contributed by atoms with Crippen LogP contribution in [0.4, 0.5) is 8.78 Å². The summed E-state index contributed by atoms with van der Waals surface area (Å²) in [5.41, 5.74) is 0.668. The summed E-state index contributed by atoms with van der Waals surface area (Å²) in [7, 11) is 0. The van der Waals surface area contributed by atoms with Crippen LogP contribution in [0.1, 0.15) is 23.2 Å². The highest BCUT2D eigenvalue weighted by Crippen LogP contribution is 2.31. The van der Waals surface area contributed by atoms with Crippen LogP contribution in [-0.4, -0.2) is 4.98 Å². The lowest BCUT2D eigenvalue weighted by atomic mass is 10.0. The number of nitrogens with zero attached hydrogens (tertiary/aromatic N) is 2. The topological polar surface area (TPSA) is 36.7 Å². The van der Waals surface area contributed by atoms with Crippen LogP contribution < -0.4 is 0 Å². The minimum Gasteiger partial charge on any atom is -0.260 e. The van der Waals surface area contributed by atoms with Crippen molar-refractivity contribution < 1.29 is 8.78 Å². The van der Waals surface area contributed by atoms with E-state index in [0.29, 0.717) is 11.3 Å². The quantitative estimate of drug-likeness (QED) is 0.819. The molecule has 0 atom stereocenters. The fraction of sp³-hybridized carbons (Fsp3) is 0.333. The largest absolute Gasteiger partial charge is 0.265 e. The van der Waals surface area contributed by atoms with Gasteiger partial charge in [0.1, 0.15) is 0 Å². The van der Waals surface area contributed by atoms with Gasteiger partial charge in [-0.3, -0.25) is 4.98 Å². The lowest BCUT2D eigenvalue weighted by molar-refractivity contribution is 0.149. The molecule has 0 saturated heterocycles. The van der Waals surface area contributed by atoms with Crippen molar-refractivity contribution in [2.24, 2.45) is 0 Å². The monoisotopic (exact) mass is 260 g/mol. The summed E-state index contributed by atoms with van der Waals surface area (Å²) < 4.78 is 25.5. The van der Waals surface area contributed by atoms with Gasteiger partial charge in [-0.05, 0) is 28.4 Å². The highest BCUT2D eigenvalue weighted by Gasteiger charge is 2.18. The van der Waals surface area contributed by atoms with Crippen LogP contribution in [0.3, 0.4) is 0 Å². The average molecular weight is 261 g/mol. The van der Waals surface area contributed by atoms with Gasteiger partial charge in [0, 0.05) is 21.9 Å². The average Bonchev–Trinajstić information content (AvgIpc) is 2.11. The van der Waals surface area contributed by atoms with Gasteiger partial charge in [0.15, 0.2) is 0 Å². The molecule has 0 aliphatic rings. The summed E-state index contributed by atoms with van der Waals surface area (Å²) in [5, 5.41) is 8.50. The van der Waals surface area contributed by atoms with Crippen LogP contribution in [0.25, 0.3) is 0 Å². The van der Waals surface area contributed by atoms with E-state index in [4.69, 9.17) is 5.26 Å². The third-order valence-electron chi connectivity index (χ3n) is 1.86. The summed E-state index contributed by atoms with van der Waals surface area (Å²) in [5.74, 6) is 0. The number of hydrogen-bond acceptors (Lipinski definition) is 2. The Morgan fingerprint density at radius 1 is 1.64 bits per heavy atom. The number of hydrogen-bond donors (Lipinski definition) is 0. The molecule has 0 radical (unpaired) electrons. The number of aromatic nitrogens is 1. The number of nitriles is 1. The molecule has 14 heavy (non-hydrogen) atoms. The predicted octanol–water partition coefficient (Wildman–Crippen LogP) is 3.16. The molecular weight excluding hydrogens is 254 g/mol. The maximum Gasteiger partial charge on any atom is 0.265 e. The Morgan fingerprint density at radius 3 is 2.79 bits per heavy atom. The molecule has 74 valence electrons. The van der Waals surface area contributed by atoms with E-state index in [1.54, 1.807) is 6.92 Å². The maximum absolute atomic E-state index is 12.6. The van der Waals surface area contributed by atoms with Crippen molar-refractivity contribution in [1.82, 2.24) is 4.98 Å². The van der Waals surface area contributed by atoms with Gasteiger partial charge >= 0.3 is 0 Å². The Bertz CT molecular complexity index is 385. The molecule has 2 nitrogen and oxygen atoms in total. The normalized spacial score (nSPS) is 10.3. The first-order chi connectivity index (χ1) is 6.57. The molecule has 0 bridgehead atoms. The fourth-order valence-electron chi connectivity index (χ4n) is 1.18. The predicted molar refractivity (Wildman–Crippen MR) is 50.9 cm³/mol. The van der Waals surface area contributed by atoms with Crippen LogP contribution in [0, 0.1) is 18.3 Å². The zero-order chi connectivity index (χ0) is 10.7. The first kappa shape index (κ1) is 11.1. The number of alkyl halides is 2. The molecular formula is C9H7BrF2N2. The summed E-state index contributed by atoms with van der Waals surface area (Å²) in [4.78, 5) is 3.91. The molecule has 0 spiro atoms. The second kappa shape index (κ2) is 4.47. The van der Waals surface area contributed by atoms with E-state index in [0.717, 1.165) is 0 Å². The summed E-state index contributed by atoms with van der Waals surface area (Å²) in [6, 6.07) is 1.85. The Kier molecular flexibility index (Phi) is 3.53.